The lowest BCUT2D eigenvalue weighted by molar-refractivity contribution is 0.174. The number of hydrogen-bond donors (Lipinski definition) is 1. The first-order valence-corrected chi connectivity index (χ1v) is 6.34. The number of halogens is 3. The van der Waals surface area contributed by atoms with Crippen molar-refractivity contribution in [3.63, 3.8) is 0 Å². The molecule has 20 heavy (non-hydrogen) atoms. The molecule has 0 fully saturated rings. The minimum Gasteiger partial charge on any atom is -0.496 e. The molecular formula is C15H13ClF2O2. The lowest BCUT2D eigenvalue weighted by atomic mass is 10.0. The van der Waals surface area contributed by atoms with Gasteiger partial charge in [0.1, 0.15) is 5.75 Å². The second-order valence-corrected chi connectivity index (χ2v) is 4.79. The van der Waals surface area contributed by atoms with Crippen molar-refractivity contribution in [2.24, 2.45) is 0 Å². The molecule has 1 atom stereocenters. The highest BCUT2D eigenvalue weighted by atomic mass is 35.5. The van der Waals surface area contributed by atoms with Gasteiger partial charge in [0.2, 0.25) is 0 Å². The van der Waals surface area contributed by atoms with Crippen molar-refractivity contribution in [1.82, 2.24) is 0 Å². The van der Waals surface area contributed by atoms with Gasteiger partial charge in [-0.2, -0.15) is 0 Å². The lowest BCUT2D eigenvalue weighted by Gasteiger charge is -2.15. The fourth-order valence-electron chi connectivity index (χ4n) is 1.96. The van der Waals surface area contributed by atoms with E-state index in [9.17, 15) is 13.9 Å². The van der Waals surface area contributed by atoms with Crippen LogP contribution in [0.2, 0.25) is 5.02 Å². The van der Waals surface area contributed by atoms with Crippen LogP contribution < -0.4 is 4.74 Å². The van der Waals surface area contributed by atoms with E-state index in [1.54, 1.807) is 18.2 Å². The van der Waals surface area contributed by atoms with E-state index in [1.807, 2.05) is 0 Å². The zero-order valence-corrected chi connectivity index (χ0v) is 11.5. The number of hydrogen-bond acceptors (Lipinski definition) is 2. The van der Waals surface area contributed by atoms with Crippen molar-refractivity contribution in [2.75, 3.05) is 7.11 Å². The molecule has 2 nitrogen and oxygen atoms in total. The predicted octanol–water partition coefficient (Wildman–Crippen LogP) is 3.90. The summed E-state index contributed by atoms with van der Waals surface area (Å²) in [6, 6.07) is 8.41. The van der Waals surface area contributed by atoms with E-state index >= 15 is 0 Å². The Hall–Kier alpha value is -1.65. The maximum atomic E-state index is 13.1. The van der Waals surface area contributed by atoms with Crippen LogP contribution in [-0.4, -0.2) is 12.2 Å². The predicted molar refractivity (Wildman–Crippen MR) is 73.0 cm³/mol. The Morgan fingerprint density at radius 3 is 2.55 bits per heavy atom. The first-order valence-electron chi connectivity index (χ1n) is 5.96. The lowest BCUT2D eigenvalue weighted by Crippen LogP contribution is -2.04. The average Bonchev–Trinajstić information content (AvgIpc) is 2.42. The van der Waals surface area contributed by atoms with Crippen molar-refractivity contribution < 1.29 is 18.6 Å². The van der Waals surface area contributed by atoms with Crippen LogP contribution in [-0.2, 0) is 6.42 Å². The summed E-state index contributed by atoms with van der Waals surface area (Å²) in [5.41, 5.74) is 1.04. The molecule has 2 aromatic rings. The number of aliphatic hydroxyl groups is 1. The Balaban J connectivity index is 2.23. The van der Waals surface area contributed by atoms with Crippen molar-refractivity contribution >= 4 is 11.6 Å². The van der Waals surface area contributed by atoms with Gasteiger partial charge in [-0.3, -0.25) is 0 Å². The number of ether oxygens (including phenoxy) is 1. The molecule has 0 aliphatic heterocycles. The molecule has 5 heteroatoms. The summed E-state index contributed by atoms with van der Waals surface area (Å²) in [4.78, 5) is 0. The number of methoxy groups -OCH3 is 1. The normalized spacial score (nSPS) is 12.2. The molecule has 2 aromatic carbocycles. The molecule has 0 aliphatic rings. The third-order valence-corrected chi connectivity index (χ3v) is 3.20. The van der Waals surface area contributed by atoms with Crippen LogP contribution in [0.3, 0.4) is 0 Å². The van der Waals surface area contributed by atoms with Gasteiger partial charge in [-0.15, -0.1) is 0 Å². The van der Waals surface area contributed by atoms with Gasteiger partial charge >= 0.3 is 0 Å². The van der Waals surface area contributed by atoms with E-state index < -0.39 is 17.7 Å². The van der Waals surface area contributed by atoms with Gasteiger partial charge < -0.3 is 9.84 Å². The summed E-state index contributed by atoms with van der Waals surface area (Å²) in [6.45, 7) is 0. The first kappa shape index (κ1) is 14.8. The topological polar surface area (TPSA) is 29.5 Å². The number of aliphatic hydroxyl groups excluding tert-OH is 1. The summed E-state index contributed by atoms with van der Waals surface area (Å²) >= 11 is 5.85. The average molecular weight is 299 g/mol. The quantitative estimate of drug-likeness (QED) is 0.927. The summed E-state index contributed by atoms with van der Waals surface area (Å²) < 4.78 is 31.1. The van der Waals surface area contributed by atoms with Crippen LogP contribution in [0.1, 0.15) is 17.2 Å². The largest absolute Gasteiger partial charge is 0.496 e. The fraction of sp³-hybridized carbons (Fsp3) is 0.200. The van der Waals surface area contributed by atoms with E-state index in [0.717, 1.165) is 12.1 Å². The molecule has 1 N–H and O–H groups in total. The van der Waals surface area contributed by atoms with Gasteiger partial charge in [-0.1, -0.05) is 23.7 Å². The molecule has 106 valence electrons. The smallest absolute Gasteiger partial charge is 0.159 e. The maximum absolute atomic E-state index is 13.1. The molecule has 0 bridgehead atoms. The molecule has 0 saturated heterocycles. The third kappa shape index (κ3) is 3.26. The Bertz CT molecular complexity index is 617. The minimum absolute atomic E-state index is 0.148. The molecule has 0 heterocycles. The molecule has 0 aromatic heterocycles. The molecule has 0 radical (unpaired) electrons. The van der Waals surface area contributed by atoms with E-state index in [2.05, 4.69) is 0 Å². The van der Waals surface area contributed by atoms with Crippen molar-refractivity contribution in [3.05, 3.63) is 64.2 Å². The van der Waals surface area contributed by atoms with Crippen LogP contribution in [0.4, 0.5) is 8.78 Å². The van der Waals surface area contributed by atoms with Gasteiger partial charge in [-0.25, -0.2) is 8.78 Å². The molecule has 0 spiro atoms. The van der Waals surface area contributed by atoms with Gasteiger partial charge in [0.05, 0.1) is 13.2 Å². The second kappa shape index (κ2) is 6.20. The van der Waals surface area contributed by atoms with Gasteiger partial charge in [0.15, 0.2) is 11.6 Å². The molecular weight excluding hydrogens is 286 g/mol. The zero-order valence-electron chi connectivity index (χ0n) is 10.7. The molecule has 0 amide bonds. The second-order valence-electron chi connectivity index (χ2n) is 4.35. The highest BCUT2D eigenvalue weighted by molar-refractivity contribution is 6.30. The fourth-order valence-corrected chi connectivity index (χ4v) is 2.12. The maximum Gasteiger partial charge on any atom is 0.159 e. The van der Waals surface area contributed by atoms with Crippen LogP contribution in [0.5, 0.6) is 5.75 Å². The Kier molecular flexibility index (Phi) is 4.57. The molecule has 2 rings (SSSR count). The monoisotopic (exact) mass is 298 g/mol. The Morgan fingerprint density at radius 1 is 1.15 bits per heavy atom. The van der Waals surface area contributed by atoms with Crippen molar-refractivity contribution in [2.45, 2.75) is 12.5 Å². The molecule has 0 aliphatic carbocycles. The zero-order chi connectivity index (χ0) is 14.7. The third-order valence-electron chi connectivity index (χ3n) is 2.97. The van der Waals surface area contributed by atoms with Gasteiger partial charge in [0.25, 0.3) is 0 Å². The van der Waals surface area contributed by atoms with Gasteiger partial charge in [0, 0.05) is 17.0 Å². The van der Waals surface area contributed by atoms with E-state index in [4.69, 9.17) is 16.3 Å². The SMILES string of the molecule is COc1cc(Cl)ccc1C(O)Cc1ccc(F)c(F)c1. The summed E-state index contributed by atoms with van der Waals surface area (Å²) in [5, 5.41) is 10.7. The first-order chi connectivity index (χ1) is 9.51. The Labute approximate surface area is 120 Å². The number of benzene rings is 2. The molecule has 0 saturated carbocycles. The van der Waals surface area contributed by atoms with Crippen LogP contribution in [0, 0.1) is 11.6 Å². The van der Waals surface area contributed by atoms with Crippen LogP contribution in [0.25, 0.3) is 0 Å². The van der Waals surface area contributed by atoms with Crippen molar-refractivity contribution in [1.29, 1.82) is 0 Å². The summed E-state index contributed by atoms with van der Waals surface area (Å²) in [5.74, 6) is -1.39. The highest BCUT2D eigenvalue weighted by Gasteiger charge is 2.15. The van der Waals surface area contributed by atoms with E-state index in [0.29, 0.717) is 21.9 Å². The number of rotatable bonds is 4. The van der Waals surface area contributed by atoms with Crippen LogP contribution in [0.15, 0.2) is 36.4 Å². The standard InChI is InChI=1S/C15H13ClF2O2/c1-20-15-8-10(16)3-4-11(15)14(19)7-9-2-5-12(17)13(18)6-9/h2-6,8,14,19H,7H2,1H3. The van der Waals surface area contributed by atoms with Crippen LogP contribution >= 0.6 is 11.6 Å². The highest BCUT2D eigenvalue weighted by Crippen LogP contribution is 2.30. The summed E-state index contributed by atoms with van der Waals surface area (Å²) in [7, 11) is 1.47. The summed E-state index contributed by atoms with van der Waals surface area (Å²) in [6.07, 6.45) is -0.748. The van der Waals surface area contributed by atoms with E-state index in [1.165, 1.54) is 13.2 Å². The van der Waals surface area contributed by atoms with E-state index in [-0.39, 0.29) is 6.42 Å². The molecule has 1 unspecified atom stereocenters. The minimum atomic E-state index is -0.933. The Morgan fingerprint density at radius 2 is 1.90 bits per heavy atom. The van der Waals surface area contributed by atoms with Crippen molar-refractivity contribution in [3.8, 4) is 5.75 Å². The van der Waals surface area contributed by atoms with Gasteiger partial charge in [-0.05, 0) is 29.8 Å².